The summed E-state index contributed by atoms with van der Waals surface area (Å²) in [7, 11) is 2.33. The van der Waals surface area contributed by atoms with Gasteiger partial charge in [0.15, 0.2) is 0 Å². The molecule has 0 aromatic heterocycles. The minimum absolute atomic E-state index is 0.0272. The van der Waals surface area contributed by atoms with Crippen LogP contribution in [0.25, 0.3) is 0 Å². The standard InChI is InChI=1S/C21H33AsOS/c1-20-11-9-15(24-22(3)4)13-14(20)5-6-16-17-7-8-19(23)21(17,2)12-10-18(16)20/h5,15-18H,6-13H2,1-4H3. The van der Waals surface area contributed by atoms with Crippen molar-refractivity contribution in [2.75, 3.05) is 0 Å². The summed E-state index contributed by atoms with van der Waals surface area (Å²) in [5, 5.41) is 0.901. The van der Waals surface area contributed by atoms with Crippen LogP contribution < -0.4 is 0 Å². The average molecular weight is 408 g/mol. The summed E-state index contributed by atoms with van der Waals surface area (Å²) < 4.78 is 0. The van der Waals surface area contributed by atoms with Crippen molar-refractivity contribution < 1.29 is 4.79 Å². The predicted octanol–water partition coefficient (Wildman–Crippen LogP) is 5.87. The molecule has 1 nitrogen and oxygen atoms in total. The van der Waals surface area contributed by atoms with Crippen molar-refractivity contribution in [2.24, 2.45) is 28.6 Å². The van der Waals surface area contributed by atoms with Crippen molar-refractivity contribution >= 4 is 29.3 Å². The molecule has 0 aliphatic heterocycles. The van der Waals surface area contributed by atoms with Crippen LogP contribution in [0, 0.1) is 28.6 Å². The van der Waals surface area contributed by atoms with E-state index in [1.807, 2.05) is 0 Å². The van der Waals surface area contributed by atoms with Crippen molar-refractivity contribution in [1.82, 2.24) is 0 Å². The van der Waals surface area contributed by atoms with E-state index in [-0.39, 0.29) is 5.41 Å². The molecule has 0 saturated heterocycles. The quantitative estimate of drug-likeness (QED) is 0.420. The predicted molar refractivity (Wildman–Crippen MR) is 106 cm³/mol. The molecule has 0 aromatic carbocycles. The van der Waals surface area contributed by atoms with E-state index in [2.05, 4.69) is 41.4 Å². The van der Waals surface area contributed by atoms with E-state index in [0.717, 1.165) is 29.9 Å². The van der Waals surface area contributed by atoms with Crippen molar-refractivity contribution in [3.05, 3.63) is 11.6 Å². The van der Waals surface area contributed by atoms with Crippen LogP contribution in [0.15, 0.2) is 11.6 Å². The molecule has 0 aromatic rings. The molecule has 4 aliphatic rings. The van der Waals surface area contributed by atoms with E-state index < -0.39 is 13.5 Å². The molecule has 6 atom stereocenters. The van der Waals surface area contributed by atoms with Crippen LogP contribution in [-0.2, 0) is 4.79 Å². The third-order valence-electron chi connectivity index (χ3n) is 8.13. The summed E-state index contributed by atoms with van der Waals surface area (Å²) in [6, 6.07) is 0. The topological polar surface area (TPSA) is 17.1 Å². The second-order valence-corrected chi connectivity index (χ2v) is 18.9. The number of ketones is 1. The van der Waals surface area contributed by atoms with Crippen LogP contribution in [0.4, 0.5) is 0 Å². The van der Waals surface area contributed by atoms with Crippen LogP contribution in [0.3, 0.4) is 0 Å². The van der Waals surface area contributed by atoms with E-state index in [4.69, 9.17) is 0 Å². The molecule has 3 saturated carbocycles. The molecule has 6 unspecified atom stereocenters. The Balaban J connectivity index is 1.59. The van der Waals surface area contributed by atoms with Gasteiger partial charge < -0.3 is 0 Å². The van der Waals surface area contributed by atoms with Gasteiger partial charge in [0.25, 0.3) is 0 Å². The molecule has 134 valence electrons. The molecule has 0 spiro atoms. The second-order valence-electron chi connectivity index (χ2n) is 9.46. The zero-order chi connectivity index (χ0) is 17.1. The van der Waals surface area contributed by atoms with E-state index in [1.165, 1.54) is 38.5 Å². The van der Waals surface area contributed by atoms with Gasteiger partial charge in [-0.25, -0.2) is 0 Å². The average Bonchev–Trinajstić information content (AvgIpc) is 2.83. The Morgan fingerprint density at radius 1 is 1.08 bits per heavy atom. The van der Waals surface area contributed by atoms with Gasteiger partial charge in [0.05, 0.1) is 0 Å². The number of hydrogen-bond acceptors (Lipinski definition) is 2. The summed E-state index contributed by atoms with van der Waals surface area (Å²) in [5.74, 6) is 2.89. The summed E-state index contributed by atoms with van der Waals surface area (Å²) in [4.78, 5) is 12.5. The third-order valence-corrected chi connectivity index (χ3v) is 13.8. The Labute approximate surface area is 156 Å². The molecule has 24 heavy (non-hydrogen) atoms. The van der Waals surface area contributed by atoms with E-state index >= 15 is 0 Å². The normalized spacial score (nSPS) is 47.9. The van der Waals surface area contributed by atoms with Gasteiger partial charge in [0.1, 0.15) is 0 Å². The second kappa shape index (κ2) is 6.19. The molecule has 3 fully saturated rings. The minimum atomic E-state index is -0.590. The fourth-order valence-electron chi connectivity index (χ4n) is 6.79. The van der Waals surface area contributed by atoms with Gasteiger partial charge in [-0.3, -0.25) is 0 Å². The third kappa shape index (κ3) is 2.61. The summed E-state index contributed by atoms with van der Waals surface area (Å²) in [6.07, 6.45) is 12.6. The first-order chi connectivity index (χ1) is 11.3. The van der Waals surface area contributed by atoms with Crippen molar-refractivity contribution in [3.8, 4) is 0 Å². The fourth-order valence-corrected chi connectivity index (χ4v) is 12.7. The molecule has 0 bridgehead atoms. The first-order valence-corrected chi connectivity index (χ1v) is 16.8. The molecule has 4 rings (SSSR count). The van der Waals surface area contributed by atoms with Crippen molar-refractivity contribution in [1.29, 1.82) is 0 Å². The molecule has 0 heterocycles. The Morgan fingerprint density at radius 2 is 1.79 bits per heavy atom. The van der Waals surface area contributed by atoms with Gasteiger partial charge >= 0.3 is 156 Å². The van der Waals surface area contributed by atoms with Crippen LogP contribution >= 0.6 is 10.0 Å². The van der Waals surface area contributed by atoms with Gasteiger partial charge in [-0.05, 0) is 0 Å². The van der Waals surface area contributed by atoms with Gasteiger partial charge in [0.2, 0.25) is 0 Å². The number of Topliss-reactive ketones (excluding diaryl/α,β-unsaturated/α-hetero) is 1. The number of allylic oxidation sites excluding steroid dienone is 2. The van der Waals surface area contributed by atoms with Gasteiger partial charge in [-0.15, -0.1) is 0 Å². The van der Waals surface area contributed by atoms with E-state index in [0.29, 0.717) is 17.1 Å². The zero-order valence-corrected chi connectivity index (χ0v) is 18.5. The molecule has 0 N–H and O–H groups in total. The number of rotatable bonds is 2. The van der Waals surface area contributed by atoms with E-state index in [1.54, 1.807) is 5.57 Å². The molecular weight excluding hydrogens is 375 g/mol. The van der Waals surface area contributed by atoms with Crippen LogP contribution in [0.2, 0.25) is 11.4 Å². The van der Waals surface area contributed by atoms with Crippen molar-refractivity contribution in [3.63, 3.8) is 0 Å². The Hall–Kier alpha value is 0.318. The van der Waals surface area contributed by atoms with Gasteiger partial charge in [-0.1, -0.05) is 0 Å². The van der Waals surface area contributed by atoms with Crippen LogP contribution in [-0.4, -0.2) is 24.5 Å². The van der Waals surface area contributed by atoms with Gasteiger partial charge in [-0.2, -0.15) is 0 Å². The summed E-state index contributed by atoms with van der Waals surface area (Å²) in [6.45, 7) is 4.88. The number of hydrogen-bond donors (Lipinski definition) is 0. The maximum atomic E-state index is 12.5. The van der Waals surface area contributed by atoms with Gasteiger partial charge in [0, 0.05) is 0 Å². The Bertz CT molecular complexity index is 570. The fraction of sp³-hybridized carbons (Fsp3) is 0.857. The van der Waals surface area contributed by atoms with Crippen LogP contribution in [0.1, 0.15) is 65.2 Å². The molecule has 0 amide bonds. The van der Waals surface area contributed by atoms with Crippen LogP contribution in [0.5, 0.6) is 0 Å². The Kier molecular flexibility index (Phi) is 4.57. The number of fused-ring (bicyclic) bond motifs is 5. The monoisotopic (exact) mass is 408 g/mol. The molecular formula is C21H33AsOS. The van der Waals surface area contributed by atoms with Crippen molar-refractivity contribution in [2.45, 2.75) is 81.9 Å². The zero-order valence-electron chi connectivity index (χ0n) is 15.8. The molecule has 3 heteroatoms. The molecule has 4 aliphatic carbocycles. The first-order valence-electron chi connectivity index (χ1n) is 9.91. The first kappa shape index (κ1) is 17.7. The molecule has 0 radical (unpaired) electrons. The summed E-state index contributed by atoms with van der Waals surface area (Å²) in [5.41, 5.74) is 7.24. The SMILES string of the molecule is C[As](C)SC1CCC2(C)C(=CCC3C4CCC(=O)C4(C)CCC32)C1. The summed E-state index contributed by atoms with van der Waals surface area (Å²) >= 11 is -0.590. The number of carbonyl (C=O) groups is 1. The van der Waals surface area contributed by atoms with E-state index in [9.17, 15) is 4.79 Å². The maximum absolute atomic E-state index is 12.5. The Morgan fingerprint density at radius 3 is 2.54 bits per heavy atom. The number of carbonyl (C=O) groups excluding carboxylic acids is 1.